The fourth-order valence-corrected chi connectivity index (χ4v) is 7.96. The quantitative estimate of drug-likeness (QED) is 0.286. The second-order valence-corrected chi connectivity index (χ2v) is 11.0. The van der Waals surface area contributed by atoms with Gasteiger partial charge in [-0.2, -0.15) is 0 Å². The fourth-order valence-electron chi connectivity index (χ4n) is 4.93. The summed E-state index contributed by atoms with van der Waals surface area (Å²) >= 11 is 0. The van der Waals surface area contributed by atoms with Gasteiger partial charge in [-0.1, -0.05) is 54.6 Å². The van der Waals surface area contributed by atoms with Crippen molar-refractivity contribution in [2.24, 2.45) is 0 Å². The highest BCUT2D eigenvalue weighted by molar-refractivity contribution is 7.86. The van der Waals surface area contributed by atoms with Crippen molar-refractivity contribution in [1.29, 1.82) is 0 Å². The minimum atomic E-state index is -3.16. The Hall–Kier alpha value is -4.14. The number of rotatable bonds is 2. The van der Waals surface area contributed by atoms with Crippen LogP contribution in [0.5, 0.6) is 23.0 Å². The molecule has 2 aliphatic rings. The molecule has 0 saturated carbocycles. The maximum absolute atomic E-state index is 14.9. The zero-order valence-electron chi connectivity index (χ0n) is 18.0. The molecule has 5 aromatic rings. The predicted octanol–water partition coefficient (Wildman–Crippen LogP) is 6.27. The molecule has 2 aliphatic heterocycles. The number of hydrogen-bond acceptors (Lipinski definition) is 4. The van der Waals surface area contributed by atoms with Gasteiger partial charge in [0.2, 0.25) is 0 Å². The Balaban J connectivity index is 1.51. The Morgan fingerprint density at radius 1 is 0.588 bits per heavy atom. The Morgan fingerprint density at radius 2 is 1.15 bits per heavy atom. The van der Waals surface area contributed by atoms with Crippen molar-refractivity contribution in [1.82, 2.24) is 4.98 Å². The molecule has 0 N–H and O–H groups in total. The first-order valence-electron chi connectivity index (χ1n) is 11.1. The molecule has 0 atom stereocenters. The molecule has 0 saturated heterocycles. The van der Waals surface area contributed by atoms with E-state index in [1.165, 1.54) is 0 Å². The zero-order valence-corrected chi connectivity index (χ0v) is 18.9. The molecular formula is C29H18NO3P. The highest BCUT2D eigenvalue weighted by atomic mass is 31.2. The van der Waals surface area contributed by atoms with Crippen LogP contribution in [0.1, 0.15) is 0 Å². The number of fused-ring (bicyclic) bond motifs is 4. The first kappa shape index (κ1) is 19.3. The lowest BCUT2D eigenvalue weighted by molar-refractivity contribution is 0.462. The molecule has 0 spiro atoms. The number of nitrogens with zero attached hydrogens (tertiary/aromatic N) is 1. The van der Waals surface area contributed by atoms with Crippen LogP contribution < -0.4 is 25.4 Å². The van der Waals surface area contributed by atoms with E-state index in [0.29, 0.717) is 38.9 Å². The molecule has 162 valence electrons. The molecule has 0 amide bonds. The van der Waals surface area contributed by atoms with Gasteiger partial charge in [-0.15, -0.1) is 0 Å². The van der Waals surface area contributed by atoms with Crippen LogP contribution in [0.15, 0.2) is 109 Å². The summed E-state index contributed by atoms with van der Waals surface area (Å²) in [5.41, 5.74) is 4.03. The number of pyridine rings is 1. The molecule has 5 heteroatoms. The highest BCUT2D eigenvalue weighted by Crippen LogP contribution is 2.59. The van der Waals surface area contributed by atoms with E-state index < -0.39 is 7.14 Å². The van der Waals surface area contributed by atoms with Crippen molar-refractivity contribution in [3.05, 3.63) is 109 Å². The van der Waals surface area contributed by atoms with E-state index in [2.05, 4.69) is 17.1 Å². The van der Waals surface area contributed by atoms with Crippen LogP contribution in [0.2, 0.25) is 0 Å². The molecule has 3 heterocycles. The van der Waals surface area contributed by atoms with E-state index in [4.69, 9.17) is 9.47 Å². The number of aromatic nitrogens is 1. The van der Waals surface area contributed by atoms with E-state index in [1.807, 2.05) is 91.1 Å². The van der Waals surface area contributed by atoms with Crippen LogP contribution in [0, 0.1) is 0 Å². The number of para-hydroxylation sites is 2. The normalized spacial score (nSPS) is 14.1. The van der Waals surface area contributed by atoms with Crippen LogP contribution in [-0.4, -0.2) is 4.98 Å². The Kier molecular flexibility index (Phi) is 4.08. The van der Waals surface area contributed by atoms with Gasteiger partial charge in [-0.05, 0) is 59.2 Å². The maximum Gasteiger partial charge on any atom is 0.185 e. The van der Waals surface area contributed by atoms with E-state index >= 15 is 0 Å². The van der Waals surface area contributed by atoms with Gasteiger partial charge in [0.15, 0.2) is 7.14 Å². The molecule has 0 aliphatic carbocycles. The van der Waals surface area contributed by atoms with Crippen molar-refractivity contribution < 1.29 is 14.0 Å². The van der Waals surface area contributed by atoms with Crippen LogP contribution in [0.25, 0.3) is 22.3 Å². The largest absolute Gasteiger partial charge is 0.456 e. The third kappa shape index (κ3) is 2.66. The lowest BCUT2D eigenvalue weighted by Crippen LogP contribution is -2.35. The smallest absolute Gasteiger partial charge is 0.185 e. The summed E-state index contributed by atoms with van der Waals surface area (Å²) in [6.07, 6.45) is 3.62. The minimum Gasteiger partial charge on any atom is -0.456 e. The molecule has 0 radical (unpaired) electrons. The summed E-state index contributed by atoms with van der Waals surface area (Å²) in [6.45, 7) is 0. The van der Waals surface area contributed by atoms with Crippen molar-refractivity contribution in [2.75, 3.05) is 0 Å². The van der Waals surface area contributed by atoms with Gasteiger partial charge in [0.1, 0.15) is 28.3 Å². The standard InChI is InChI=1S/C29H18NO3P/c31-34-27-13-5-3-11-23(27)32-25-16-20(17-26(29(25)34)33-24-12-4-6-14-28(24)34)22-10-2-1-9-21(22)19-8-7-15-30-18-19/h1-18H. The summed E-state index contributed by atoms with van der Waals surface area (Å²) in [5.74, 6) is 2.40. The third-order valence-electron chi connectivity index (χ3n) is 6.41. The lowest BCUT2D eigenvalue weighted by atomic mass is 9.95. The van der Waals surface area contributed by atoms with Gasteiger partial charge in [0, 0.05) is 18.0 Å². The van der Waals surface area contributed by atoms with E-state index in [1.54, 1.807) is 6.20 Å². The first-order chi connectivity index (χ1) is 16.7. The molecule has 0 unspecified atom stereocenters. The second-order valence-electron chi connectivity index (χ2n) is 8.36. The molecular weight excluding hydrogens is 441 g/mol. The van der Waals surface area contributed by atoms with E-state index in [9.17, 15) is 4.57 Å². The fraction of sp³-hybridized carbons (Fsp3) is 0. The van der Waals surface area contributed by atoms with Gasteiger partial charge >= 0.3 is 0 Å². The minimum absolute atomic E-state index is 0.574. The maximum atomic E-state index is 14.9. The van der Waals surface area contributed by atoms with Crippen LogP contribution in [0.4, 0.5) is 0 Å². The van der Waals surface area contributed by atoms with Crippen LogP contribution in [0.3, 0.4) is 0 Å². The van der Waals surface area contributed by atoms with Gasteiger partial charge < -0.3 is 14.0 Å². The average Bonchev–Trinajstić information content (AvgIpc) is 2.89. The third-order valence-corrected chi connectivity index (χ3v) is 9.58. The molecule has 34 heavy (non-hydrogen) atoms. The van der Waals surface area contributed by atoms with Gasteiger partial charge in [-0.3, -0.25) is 4.98 Å². The van der Waals surface area contributed by atoms with Crippen molar-refractivity contribution >= 4 is 23.1 Å². The second kappa shape index (κ2) is 7.18. The summed E-state index contributed by atoms with van der Waals surface area (Å²) in [7, 11) is -3.16. The highest BCUT2D eigenvalue weighted by Gasteiger charge is 2.46. The molecule has 4 aromatic carbocycles. The lowest BCUT2D eigenvalue weighted by Gasteiger charge is -2.34. The van der Waals surface area contributed by atoms with E-state index in [-0.39, 0.29) is 0 Å². The van der Waals surface area contributed by atoms with Gasteiger partial charge in [0.05, 0.1) is 10.6 Å². The predicted molar refractivity (Wildman–Crippen MR) is 135 cm³/mol. The number of benzene rings is 4. The summed E-state index contributed by atoms with van der Waals surface area (Å²) in [4.78, 5) is 4.29. The molecule has 4 nitrogen and oxygen atoms in total. The molecule has 0 fully saturated rings. The van der Waals surface area contributed by atoms with Crippen LogP contribution >= 0.6 is 7.14 Å². The average molecular weight is 459 g/mol. The first-order valence-corrected chi connectivity index (χ1v) is 12.8. The Bertz CT molecular complexity index is 1570. The number of ether oxygens (including phenoxy) is 2. The summed E-state index contributed by atoms with van der Waals surface area (Å²) in [5, 5.41) is 2.05. The molecule has 1 aromatic heterocycles. The zero-order chi connectivity index (χ0) is 22.7. The Labute approximate surface area is 196 Å². The van der Waals surface area contributed by atoms with Crippen molar-refractivity contribution in [3.8, 4) is 45.3 Å². The van der Waals surface area contributed by atoms with Crippen LogP contribution in [-0.2, 0) is 4.57 Å². The van der Waals surface area contributed by atoms with Crippen molar-refractivity contribution in [3.63, 3.8) is 0 Å². The summed E-state index contributed by atoms with van der Waals surface area (Å²) < 4.78 is 27.6. The van der Waals surface area contributed by atoms with Gasteiger partial charge in [0.25, 0.3) is 0 Å². The number of hydrogen-bond donors (Lipinski definition) is 0. The van der Waals surface area contributed by atoms with E-state index in [0.717, 1.165) is 22.3 Å². The Morgan fingerprint density at radius 3 is 1.74 bits per heavy atom. The molecule has 7 rings (SSSR count). The summed E-state index contributed by atoms with van der Waals surface area (Å²) in [6, 6.07) is 31.3. The van der Waals surface area contributed by atoms with Gasteiger partial charge in [-0.25, -0.2) is 0 Å². The van der Waals surface area contributed by atoms with Crippen molar-refractivity contribution in [2.45, 2.75) is 0 Å². The SMILES string of the molecule is O=P12c3ccccc3Oc3cc(-c4ccccc4-c4cccnc4)cc(c31)Oc1ccccc12. The topological polar surface area (TPSA) is 48.4 Å². The molecule has 0 bridgehead atoms. The monoisotopic (exact) mass is 459 g/mol.